The highest BCUT2D eigenvalue weighted by molar-refractivity contribution is 5.98. The number of methoxy groups -OCH3 is 1. The van der Waals surface area contributed by atoms with Crippen molar-refractivity contribution in [3.05, 3.63) is 11.9 Å². The quantitative estimate of drug-likeness (QED) is 0.825. The van der Waals surface area contributed by atoms with Gasteiger partial charge in [-0.2, -0.15) is 5.10 Å². The van der Waals surface area contributed by atoms with Crippen LogP contribution in [0.5, 0.6) is 5.75 Å². The highest BCUT2D eigenvalue weighted by atomic mass is 16.5. The van der Waals surface area contributed by atoms with Gasteiger partial charge in [-0.1, -0.05) is 0 Å². The minimum Gasteiger partial charge on any atom is -0.493 e. The Morgan fingerprint density at radius 3 is 2.72 bits per heavy atom. The summed E-state index contributed by atoms with van der Waals surface area (Å²) in [6, 6.07) is 0.257. The predicted octanol–water partition coefficient (Wildman–Crippen LogP) is 1.61. The van der Waals surface area contributed by atoms with Crippen molar-refractivity contribution in [1.29, 1.82) is 0 Å². The minimum atomic E-state index is 0.0701. The zero-order chi connectivity index (χ0) is 13.1. The van der Waals surface area contributed by atoms with E-state index in [2.05, 4.69) is 5.10 Å². The van der Waals surface area contributed by atoms with Crippen LogP contribution < -0.4 is 10.5 Å². The molecule has 0 bridgehead atoms. The molecule has 1 fully saturated rings. The maximum absolute atomic E-state index is 12.5. The van der Waals surface area contributed by atoms with E-state index in [9.17, 15) is 4.79 Å². The van der Waals surface area contributed by atoms with Crippen LogP contribution in [0.15, 0.2) is 6.20 Å². The average Bonchev–Trinajstić information content (AvgIpc) is 2.81. The van der Waals surface area contributed by atoms with Crippen molar-refractivity contribution in [2.24, 2.45) is 11.7 Å². The molecule has 1 aromatic rings. The van der Waals surface area contributed by atoms with Crippen LogP contribution in [0.1, 0.15) is 43.1 Å². The molecule has 0 saturated heterocycles. The highest BCUT2D eigenvalue weighted by Crippen LogP contribution is 2.29. The van der Waals surface area contributed by atoms with Gasteiger partial charge >= 0.3 is 0 Å². The Kier molecular flexibility index (Phi) is 4.01. The lowest BCUT2D eigenvalue weighted by Gasteiger charge is -2.25. The Bertz CT molecular complexity index is 398. The molecule has 0 atom stereocenters. The first-order valence-electron chi connectivity index (χ1n) is 6.57. The monoisotopic (exact) mass is 251 g/mol. The van der Waals surface area contributed by atoms with Crippen molar-refractivity contribution in [3.63, 3.8) is 0 Å². The van der Waals surface area contributed by atoms with E-state index in [1.807, 2.05) is 6.92 Å². The number of Topliss-reactive ketones (excluding diaryl/α,β-unsaturated/α-hetero) is 1. The molecular formula is C13H21N3O2. The van der Waals surface area contributed by atoms with Gasteiger partial charge in [-0.25, -0.2) is 0 Å². The summed E-state index contributed by atoms with van der Waals surface area (Å²) in [6.45, 7) is 2.65. The number of aromatic nitrogens is 2. The Morgan fingerprint density at radius 2 is 2.17 bits per heavy atom. The van der Waals surface area contributed by atoms with Gasteiger partial charge in [0.1, 0.15) is 5.69 Å². The molecule has 2 N–H and O–H groups in total. The summed E-state index contributed by atoms with van der Waals surface area (Å²) in [5.74, 6) is 0.801. The number of rotatable bonds is 4. The van der Waals surface area contributed by atoms with E-state index in [0.29, 0.717) is 18.0 Å². The van der Waals surface area contributed by atoms with Gasteiger partial charge in [0.2, 0.25) is 0 Å². The van der Waals surface area contributed by atoms with Gasteiger partial charge in [0.05, 0.1) is 13.3 Å². The zero-order valence-electron chi connectivity index (χ0n) is 11.1. The molecular weight excluding hydrogens is 230 g/mol. The number of ether oxygens (including phenoxy) is 1. The van der Waals surface area contributed by atoms with Crippen molar-refractivity contribution >= 4 is 5.78 Å². The van der Waals surface area contributed by atoms with Gasteiger partial charge in [0.25, 0.3) is 0 Å². The molecule has 0 amide bonds. The molecule has 1 aliphatic rings. The maximum Gasteiger partial charge on any atom is 0.187 e. The number of nitrogens with two attached hydrogens (primary N) is 1. The summed E-state index contributed by atoms with van der Waals surface area (Å²) in [6.07, 6.45) is 5.22. The van der Waals surface area contributed by atoms with Gasteiger partial charge in [-0.05, 0) is 32.6 Å². The summed E-state index contributed by atoms with van der Waals surface area (Å²) in [4.78, 5) is 12.5. The van der Waals surface area contributed by atoms with Gasteiger partial charge in [-0.15, -0.1) is 0 Å². The van der Waals surface area contributed by atoms with Crippen LogP contribution in [-0.4, -0.2) is 28.7 Å². The zero-order valence-corrected chi connectivity index (χ0v) is 11.1. The first-order chi connectivity index (χ1) is 8.67. The van der Waals surface area contributed by atoms with Gasteiger partial charge in [0.15, 0.2) is 11.5 Å². The molecule has 0 aromatic carbocycles. The molecule has 0 aliphatic heterocycles. The number of carbonyl (C=O) groups is 1. The van der Waals surface area contributed by atoms with Crippen LogP contribution in [0.2, 0.25) is 0 Å². The normalized spacial score (nSPS) is 23.9. The second kappa shape index (κ2) is 5.52. The Hall–Kier alpha value is -1.36. The number of ketones is 1. The lowest BCUT2D eigenvalue weighted by Crippen LogP contribution is -2.30. The van der Waals surface area contributed by atoms with Crippen molar-refractivity contribution in [2.75, 3.05) is 7.11 Å². The predicted molar refractivity (Wildman–Crippen MR) is 68.7 cm³/mol. The molecule has 1 saturated carbocycles. The Balaban J connectivity index is 2.20. The topological polar surface area (TPSA) is 70.1 Å². The fourth-order valence-electron chi connectivity index (χ4n) is 2.58. The van der Waals surface area contributed by atoms with Crippen LogP contribution >= 0.6 is 0 Å². The molecule has 2 rings (SSSR count). The largest absolute Gasteiger partial charge is 0.493 e. The second-order valence-electron chi connectivity index (χ2n) is 4.85. The third-order valence-corrected chi connectivity index (χ3v) is 3.70. The maximum atomic E-state index is 12.5. The van der Waals surface area contributed by atoms with Crippen molar-refractivity contribution in [3.8, 4) is 5.75 Å². The molecule has 0 unspecified atom stereocenters. The molecule has 1 aromatic heterocycles. The van der Waals surface area contributed by atoms with Crippen molar-refractivity contribution < 1.29 is 9.53 Å². The number of carbonyl (C=O) groups excluding carboxylic acids is 1. The first-order valence-corrected chi connectivity index (χ1v) is 6.57. The number of aryl methyl sites for hydroxylation is 1. The molecule has 1 heterocycles. The summed E-state index contributed by atoms with van der Waals surface area (Å²) in [5.41, 5.74) is 6.49. The Labute approximate surface area is 107 Å². The van der Waals surface area contributed by atoms with Crippen LogP contribution in [0.4, 0.5) is 0 Å². The molecule has 0 radical (unpaired) electrons. The summed E-state index contributed by atoms with van der Waals surface area (Å²) < 4.78 is 6.95. The van der Waals surface area contributed by atoms with E-state index >= 15 is 0 Å². The molecule has 0 spiro atoms. The van der Waals surface area contributed by atoms with Gasteiger partial charge < -0.3 is 10.5 Å². The van der Waals surface area contributed by atoms with Crippen LogP contribution in [0, 0.1) is 5.92 Å². The van der Waals surface area contributed by atoms with Crippen LogP contribution in [0.3, 0.4) is 0 Å². The van der Waals surface area contributed by atoms with E-state index in [1.165, 1.54) is 0 Å². The second-order valence-corrected chi connectivity index (χ2v) is 4.85. The van der Waals surface area contributed by atoms with E-state index < -0.39 is 0 Å². The van der Waals surface area contributed by atoms with Crippen molar-refractivity contribution in [2.45, 2.75) is 45.2 Å². The van der Waals surface area contributed by atoms with E-state index in [1.54, 1.807) is 18.0 Å². The number of nitrogens with zero attached hydrogens (tertiary/aromatic N) is 2. The average molecular weight is 251 g/mol. The lowest BCUT2D eigenvalue weighted by atomic mass is 9.83. The molecule has 18 heavy (non-hydrogen) atoms. The fraction of sp³-hybridized carbons (Fsp3) is 0.692. The molecule has 5 nitrogen and oxygen atoms in total. The van der Waals surface area contributed by atoms with Gasteiger partial charge in [0, 0.05) is 18.5 Å². The standard InChI is InChI=1S/C13H21N3O2/c1-3-16-12(11(18-2)8-15-16)13(17)9-4-6-10(14)7-5-9/h8-10H,3-7,14H2,1-2H3. The molecule has 100 valence electrons. The Morgan fingerprint density at radius 1 is 1.50 bits per heavy atom. The van der Waals surface area contributed by atoms with Gasteiger partial charge in [-0.3, -0.25) is 9.48 Å². The lowest BCUT2D eigenvalue weighted by molar-refractivity contribution is 0.0870. The summed E-state index contributed by atoms with van der Waals surface area (Å²) in [5, 5.41) is 4.18. The number of hydrogen-bond donors (Lipinski definition) is 1. The minimum absolute atomic E-state index is 0.0701. The summed E-state index contributed by atoms with van der Waals surface area (Å²) >= 11 is 0. The van der Waals surface area contributed by atoms with Crippen molar-refractivity contribution in [1.82, 2.24) is 9.78 Å². The molecule has 1 aliphatic carbocycles. The van der Waals surface area contributed by atoms with Crippen LogP contribution in [0.25, 0.3) is 0 Å². The third-order valence-electron chi connectivity index (χ3n) is 3.70. The smallest absolute Gasteiger partial charge is 0.187 e. The van der Waals surface area contributed by atoms with E-state index in [-0.39, 0.29) is 17.7 Å². The van der Waals surface area contributed by atoms with E-state index in [0.717, 1.165) is 25.7 Å². The third kappa shape index (κ3) is 2.41. The number of hydrogen-bond acceptors (Lipinski definition) is 4. The highest BCUT2D eigenvalue weighted by Gasteiger charge is 2.29. The van der Waals surface area contributed by atoms with Crippen LogP contribution in [-0.2, 0) is 6.54 Å². The van der Waals surface area contributed by atoms with E-state index in [4.69, 9.17) is 10.5 Å². The fourth-order valence-corrected chi connectivity index (χ4v) is 2.58. The SMILES string of the molecule is CCn1ncc(OC)c1C(=O)C1CCC(N)CC1. The summed E-state index contributed by atoms with van der Waals surface area (Å²) in [7, 11) is 1.57. The molecule has 5 heteroatoms. The first kappa shape index (κ1) is 13.1.